The van der Waals surface area contributed by atoms with Gasteiger partial charge >= 0.3 is 0 Å². The van der Waals surface area contributed by atoms with Crippen molar-refractivity contribution in [2.24, 2.45) is 0 Å². The lowest BCUT2D eigenvalue weighted by molar-refractivity contribution is 0.668. The summed E-state index contributed by atoms with van der Waals surface area (Å²) in [7, 11) is 0. The highest BCUT2D eigenvalue weighted by atomic mass is 16.3. The predicted molar refractivity (Wildman–Crippen MR) is 97.1 cm³/mol. The van der Waals surface area contributed by atoms with Crippen LogP contribution in [0.15, 0.2) is 71.1 Å². The third-order valence-electron chi connectivity index (χ3n) is 4.51. The molecule has 23 heavy (non-hydrogen) atoms. The van der Waals surface area contributed by atoms with Crippen molar-refractivity contribution in [3.05, 3.63) is 83.4 Å². The number of fused-ring (bicyclic) bond motifs is 3. The van der Waals surface area contributed by atoms with E-state index in [-0.39, 0.29) is 0 Å². The van der Waals surface area contributed by atoms with E-state index in [0.29, 0.717) is 5.92 Å². The monoisotopic (exact) mass is 300 g/mol. The molecule has 0 bridgehead atoms. The molecular weight excluding hydrogens is 280 g/mol. The van der Waals surface area contributed by atoms with Gasteiger partial charge in [0.2, 0.25) is 0 Å². The van der Waals surface area contributed by atoms with Gasteiger partial charge in [-0.05, 0) is 41.2 Å². The summed E-state index contributed by atoms with van der Waals surface area (Å²) in [5, 5.41) is 2.39. The molecule has 1 nitrogen and oxygen atoms in total. The molecule has 0 fully saturated rings. The van der Waals surface area contributed by atoms with Gasteiger partial charge in [-0.15, -0.1) is 0 Å². The molecule has 0 saturated carbocycles. The lowest BCUT2D eigenvalue weighted by Crippen LogP contribution is -1.97. The van der Waals surface area contributed by atoms with Gasteiger partial charge in [0.05, 0.1) is 0 Å². The molecule has 0 spiro atoms. The van der Waals surface area contributed by atoms with Gasteiger partial charge in [-0.2, -0.15) is 0 Å². The van der Waals surface area contributed by atoms with Crippen LogP contribution in [0.5, 0.6) is 0 Å². The van der Waals surface area contributed by atoms with Crippen LogP contribution in [0, 0.1) is 0 Å². The maximum atomic E-state index is 6.01. The molecule has 114 valence electrons. The Labute approximate surface area is 136 Å². The molecule has 4 aromatic rings. The number of benzene rings is 3. The van der Waals surface area contributed by atoms with Crippen LogP contribution in [0.25, 0.3) is 21.9 Å². The van der Waals surface area contributed by atoms with E-state index in [1.165, 1.54) is 27.5 Å². The summed E-state index contributed by atoms with van der Waals surface area (Å²) in [6, 6.07) is 23.6. The Balaban J connectivity index is 1.77. The van der Waals surface area contributed by atoms with Gasteiger partial charge in [-0.1, -0.05) is 68.4 Å². The van der Waals surface area contributed by atoms with Crippen LogP contribution < -0.4 is 0 Å². The quantitative estimate of drug-likeness (QED) is 0.432. The van der Waals surface area contributed by atoms with Crippen LogP contribution in [-0.4, -0.2) is 0 Å². The van der Waals surface area contributed by atoms with Crippen LogP contribution >= 0.6 is 0 Å². The van der Waals surface area contributed by atoms with Crippen LogP contribution in [0.4, 0.5) is 0 Å². The number of hydrogen-bond donors (Lipinski definition) is 0. The number of rotatable bonds is 3. The van der Waals surface area contributed by atoms with Gasteiger partial charge in [0.15, 0.2) is 0 Å². The standard InChI is InChI=1S/C22H20O/c1-15(2)18-8-4-3-7-17(18)13-16-11-12-20-19-9-5-6-10-21(19)23-22(20)14-16/h3-12,14-15H,13H2,1-2H3. The Morgan fingerprint density at radius 3 is 2.39 bits per heavy atom. The second-order valence-corrected chi connectivity index (χ2v) is 6.46. The highest BCUT2D eigenvalue weighted by Gasteiger charge is 2.09. The number of furan rings is 1. The van der Waals surface area contributed by atoms with Crippen molar-refractivity contribution in [2.45, 2.75) is 26.2 Å². The predicted octanol–water partition coefficient (Wildman–Crippen LogP) is 6.30. The first-order chi connectivity index (χ1) is 11.2. The zero-order valence-corrected chi connectivity index (χ0v) is 13.5. The van der Waals surface area contributed by atoms with Gasteiger partial charge in [0.25, 0.3) is 0 Å². The van der Waals surface area contributed by atoms with E-state index in [0.717, 1.165) is 17.6 Å². The average molecular weight is 300 g/mol. The van der Waals surface area contributed by atoms with Crippen molar-refractivity contribution in [3.63, 3.8) is 0 Å². The lowest BCUT2D eigenvalue weighted by Gasteiger charge is -2.12. The molecular formula is C22H20O. The fourth-order valence-corrected chi connectivity index (χ4v) is 3.36. The minimum absolute atomic E-state index is 0.543. The van der Waals surface area contributed by atoms with Crippen molar-refractivity contribution in [3.8, 4) is 0 Å². The van der Waals surface area contributed by atoms with Crippen molar-refractivity contribution >= 4 is 21.9 Å². The third-order valence-corrected chi connectivity index (χ3v) is 4.51. The zero-order valence-electron chi connectivity index (χ0n) is 13.5. The molecule has 0 amide bonds. The summed E-state index contributed by atoms with van der Waals surface area (Å²) in [5.41, 5.74) is 6.06. The molecule has 0 atom stereocenters. The van der Waals surface area contributed by atoms with Crippen LogP contribution in [0.1, 0.15) is 36.5 Å². The molecule has 0 aliphatic carbocycles. The van der Waals surface area contributed by atoms with E-state index in [4.69, 9.17) is 4.42 Å². The van der Waals surface area contributed by atoms with Gasteiger partial charge < -0.3 is 4.42 Å². The first-order valence-electron chi connectivity index (χ1n) is 8.20. The van der Waals surface area contributed by atoms with Crippen molar-refractivity contribution in [1.82, 2.24) is 0 Å². The SMILES string of the molecule is CC(C)c1ccccc1Cc1ccc2c(c1)oc1ccccc12. The second-order valence-electron chi connectivity index (χ2n) is 6.46. The lowest BCUT2D eigenvalue weighted by atomic mass is 9.93. The molecule has 1 heteroatoms. The van der Waals surface area contributed by atoms with Gasteiger partial charge in [0, 0.05) is 10.8 Å². The molecule has 3 aromatic carbocycles. The fourth-order valence-electron chi connectivity index (χ4n) is 3.36. The van der Waals surface area contributed by atoms with E-state index < -0.39 is 0 Å². The molecule has 1 heterocycles. The van der Waals surface area contributed by atoms with Gasteiger partial charge in [-0.25, -0.2) is 0 Å². The molecule has 4 rings (SSSR count). The summed E-state index contributed by atoms with van der Waals surface area (Å²) in [5.74, 6) is 0.543. The highest BCUT2D eigenvalue weighted by Crippen LogP contribution is 2.30. The molecule has 0 radical (unpaired) electrons. The normalized spacial score (nSPS) is 11.6. The molecule has 0 unspecified atom stereocenters. The molecule has 0 aliphatic rings. The van der Waals surface area contributed by atoms with Crippen molar-refractivity contribution < 1.29 is 4.42 Å². The molecule has 0 N–H and O–H groups in total. The fraction of sp³-hybridized carbons (Fsp3) is 0.182. The second kappa shape index (κ2) is 5.58. The first-order valence-corrected chi connectivity index (χ1v) is 8.20. The van der Waals surface area contributed by atoms with E-state index in [2.05, 4.69) is 68.4 Å². The first kappa shape index (κ1) is 14.1. The third kappa shape index (κ3) is 2.53. The Morgan fingerprint density at radius 1 is 0.783 bits per heavy atom. The van der Waals surface area contributed by atoms with E-state index in [1.807, 2.05) is 12.1 Å². The number of hydrogen-bond acceptors (Lipinski definition) is 1. The summed E-state index contributed by atoms with van der Waals surface area (Å²) in [6.07, 6.45) is 0.946. The summed E-state index contributed by atoms with van der Waals surface area (Å²) in [4.78, 5) is 0. The van der Waals surface area contributed by atoms with E-state index in [9.17, 15) is 0 Å². The van der Waals surface area contributed by atoms with Crippen LogP contribution in [0.3, 0.4) is 0 Å². The summed E-state index contributed by atoms with van der Waals surface area (Å²) >= 11 is 0. The minimum Gasteiger partial charge on any atom is -0.456 e. The van der Waals surface area contributed by atoms with Crippen molar-refractivity contribution in [2.75, 3.05) is 0 Å². The van der Waals surface area contributed by atoms with E-state index >= 15 is 0 Å². The Morgan fingerprint density at radius 2 is 1.52 bits per heavy atom. The molecule has 1 aromatic heterocycles. The van der Waals surface area contributed by atoms with Crippen LogP contribution in [0.2, 0.25) is 0 Å². The largest absolute Gasteiger partial charge is 0.456 e. The smallest absolute Gasteiger partial charge is 0.135 e. The maximum absolute atomic E-state index is 6.01. The zero-order chi connectivity index (χ0) is 15.8. The Bertz CT molecular complexity index is 976. The van der Waals surface area contributed by atoms with Gasteiger partial charge in [-0.3, -0.25) is 0 Å². The highest BCUT2D eigenvalue weighted by molar-refractivity contribution is 6.04. The number of para-hydroxylation sites is 1. The Kier molecular flexibility index (Phi) is 3.42. The maximum Gasteiger partial charge on any atom is 0.135 e. The molecule has 0 aliphatic heterocycles. The summed E-state index contributed by atoms with van der Waals surface area (Å²) < 4.78 is 6.01. The van der Waals surface area contributed by atoms with E-state index in [1.54, 1.807) is 0 Å². The minimum atomic E-state index is 0.543. The topological polar surface area (TPSA) is 13.1 Å². The summed E-state index contributed by atoms with van der Waals surface area (Å²) in [6.45, 7) is 4.50. The van der Waals surface area contributed by atoms with Gasteiger partial charge in [0.1, 0.15) is 11.2 Å². The molecule has 0 saturated heterocycles. The average Bonchev–Trinajstić information content (AvgIpc) is 2.93. The Hall–Kier alpha value is -2.54. The van der Waals surface area contributed by atoms with Crippen molar-refractivity contribution in [1.29, 1.82) is 0 Å². The van der Waals surface area contributed by atoms with Crippen LogP contribution in [-0.2, 0) is 6.42 Å².